The smallest absolute Gasteiger partial charge is 0.0916 e. The van der Waals surface area contributed by atoms with E-state index in [4.69, 9.17) is 0 Å². The number of benzene rings is 1. The lowest BCUT2D eigenvalue weighted by atomic mass is 10.1. The molecular weight excluding hydrogens is 300 g/mol. The molecule has 130 valence electrons. The minimum absolute atomic E-state index is 0.403. The van der Waals surface area contributed by atoms with Gasteiger partial charge >= 0.3 is 0 Å². The quantitative estimate of drug-likeness (QED) is 0.884. The van der Waals surface area contributed by atoms with Crippen LogP contribution in [0.3, 0.4) is 0 Å². The third-order valence-electron chi connectivity index (χ3n) is 4.66. The third kappa shape index (κ3) is 4.44. The second kappa shape index (κ2) is 7.92. The number of nitrogens with zero attached hydrogens (tertiary/aromatic N) is 4. The van der Waals surface area contributed by atoms with E-state index in [1.165, 1.54) is 0 Å². The molecule has 24 heavy (non-hydrogen) atoms. The number of hydrogen-bond donors (Lipinski definition) is 1. The van der Waals surface area contributed by atoms with Gasteiger partial charge in [0.15, 0.2) is 0 Å². The molecule has 5 heteroatoms. The molecule has 0 aliphatic carbocycles. The molecule has 5 nitrogen and oxygen atoms in total. The van der Waals surface area contributed by atoms with Crippen molar-refractivity contribution in [3.05, 3.63) is 53.9 Å². The van der Waals surface area contributed by atoms with Crippen molar-refractivity contribution in [2.45, 2.75) is 32.5 Å². The number of β-amino-alcohol motifs (C(OH)–C–C–N with tert-alkyl or cyclic N) is 1. The van der Waals surface area contributed by atoms with E-state index in [0.29, 0.717) is 12.6 Å². The highest BCUT2D eigenvalue weighted by Crippen LogP contribution is 2.15. The Kier molecular flexibility index (Phi) is 5.66. The molecule has 1 fully saturated rings. The first-order valence-electron chi connectivity index (χ1n) is 8.83. The van der Waals surface area contributed by atoms with E-state index in [1.54, 1.807) is 0 Å². The van der Waals surface area contributed by atoms with Gasteiger partial charge in [0.05, 0.1) is 11.8 Å². The van der Waals surface area contributed by atoms with Crippen LogP contribution in [0.4, 0.5) is 0 Å². The molecule has 3 rings (SSSR count). The minimum Gasteiger partial charge on any atom is -0.387 e. The molecule has 1 aromatic carbocycles. The average molecular weight is 328 g/mol. The van der Waals surface area contributed by atoms with Gasteiger partial charge in [0.25, 0.3) is 0 Å². The molecule has 1 aromatic heterocycles. The SMILES string of the molecule is CC(C)n1ccc(CN2CCN(CC(O)c3ccccc3)CC2)n1. The molecule has 0 radical (unpaired) electrons. The summed E-state index contributed by atoms with van der Waals surface area (Å²) in [6.45, 7) is 9.95. The minimum atomic E-state index is -0.403. The normalized spacial score (nSPS) is 18.2. The standard InChI is InChI=1S/C19H28N4O/c1-16(2)23-9-8-18(20-23)14-21-10-12-22(13-11-21)15-19(24)17-6-4-3-5-7-17/h3-9,16,19,24H,10-15H2,1-2H3. The van der Waals surface area contributed by atoms with Crippen LogP contribution < -0.4 is 0 Å². The van der Waals surface area contributed by atoms with Crippen LogP contribution in [0.25, 0.3) is 0 Å². The zero-order valence-electron chi connectivity index (χ0n) is 14.7. The van der Waals surface area contributed by atoms with E-state index in [1.807, 2.05) is 35.0 Å². The van der Waals surface area contributed by atoms with Crippen molar-refractivity contribution in [2.24, 2.45) is 0 Å². The van der Waals surface area contributed by atoms with Crippen LogP contribution in [-0.4, -0.2) is 57.4 Å². The second-order valence-corrected chi connectivity index (χ2v) is 6.88. The fraction of sp³-hybridized carbons (Fsp3) is 0.526. The summed E-state index contributed by atoms with van der Waals surface area (Å²) in [6.07, 6.45) is 1.66. The molecule has 1 aliphatic heterocycles. The summed E-state index contributed by atoms with van der Waals surface area (Å²) in [5.41, 5.74) is 2.14. The van der Waals surface area contributed by atoms with Gasteiger partial charge in [-0.25, -0.2) is 0 Å². The van der Waals surface area contributed by atoms with Gasteiger partial charge in [-0.3, -0.25) is 14.5 Å². The molecule has 1 unspecified atom stereocenters. The number of aliphatic hydroxyl groups excluding tert-OH is 1. The Balaban J connectivity index is 1.45. The van der Waals surface area contributed by atoms with Crippen molar-refractivity contribution in [2.75, 3.05) is 32.7 Å². The topological polar surface area (TPSA) is 44.5 Å². The maximum Gasteiger partial charge on any atom is 0.0916 e. The summed E-state index contributed by atoms with van der Waals surface area (Å²) >= 11 is 0. The first-order valence-corrected chi connectivity index (χ1v) is 8.83. The molecule has 2 heterocycles. The van der Waals surface area contributed by atoms with Gasteiger partial charge in [0.2, 0.25) is 0 Å². The number of aliphatic hydroxyl groups is 1. The van der Waals surface area contributed by atoms with Crippen LogP contribution in [0, 0.1) is 0 Å². The number of hydrogen-bond acceptors (Lipinski definition) is 4. The number of rotatable bonds is 6. The van der Waals surface area contributed by atoms with Crippen molar-refractivity contribution in [1.82, 2.24) is 19.6 Å². The van der Waals surface area contributed by atoms with E-state index >= 15 is 0 Å². The zero-order chi connectivity index (χ0) is 16.9. The lowest BCUT2D eigenvalue weighted by Gasteiger charge is -2.35. The molecule has 1 saturated heterocycles. The van der Waals surface area contributed by atoms with Gasteiger partial charge < -0.3 is 5.11 Å². The van der Waals surface area contributed by atoms with Crippen LogP contribution >= 0.6 is 0 Å². The molecule has 1 aliphatic rings. The van der Waals surface area contributed by atoms with Crippen LogP contribution in [0.2, 0.25) is 0 Å². The monoisotopic (exact) mass is 328 g/mol. The highest BCUT2D eigenvalue weighted by Gasteiger charge is 2.20. The summed E-state index contributed by atoms with van der Waals surface area (Å²) in [5.74, 6) is 0. The van der Waals surface area contributed by atoms with Crippen LogP contribution in [0.15, 0.2) is 42.6 Å². The third-order valence-corrected chi connectivity index (χ3v) is 4.66. The Bertz CT molecular complexity index is 617. The predicted octanol–water partition coefficient (Wildman–Crippen LogP) is 2.32. The Labute approximate surface area is 144 Å². The van der Waals surface area contributed by atoms with Gasteiger partial charge in [-0.15, -0.1) is 0 Å². The molecule has 0 amide bonds. The zero-order valence-corrected chi connectivity index (χ0v) is 14.7. The van der Waals surface area contributed by atoms with Crippen molar-refractivity contribution in [3.8, 4) is 0 Å². The van der Waals surface area contributed by atoms with Crippen molar-refractivity contribution >= 4 is 0 Å². The average Bonchev–Trinajstić information content (AvgIpc) is 3.06. The molecule has 1 atom stereocenters. The van der Waals surface area contributed by atoms with Gasteiger partial charge in [0.1, 0.15) is 0 Å². The maximum absolute atomic E-state index is 10.4. The first-order chi connectivity index (χ1) is 11.6. The molecular formula is C19H28N4O. The summed E-state index contributed by atoms with van der Waals surface area (Å²) in [5, 5.41) is 15.0. The van der Waals surface area contributed by atoms with Gasteiger partial charge in [-0.05, 0) is 25.5 Å². The molecule has 0 saturated carbocycles. The Morgan fingerprint density at radius 2 is 1.67 bits per heavy atom. The summed E-state index contributed by atoms with van der Waals surface area (Å²) < 4.78 is 2.02. The number of piperazine rings is 1. The van der Waals surface area contributed by atoms with Crippen molar-refractivity contribution < 1.29 is 5.11 Å². The van der Waals surface area contributed by atoms with Crippen LogP contribution in [0.5, 0.6) is 0 Å². The van der Waals surface area contributed by atoms with E-state index in [-0.39, 0.29) is 0 Å². The summed E-state index contributed by atoms with van der Waals surface area (Å²) in [7, 11) is 0. The van der Waals surface area contributed by atoms with Gasteiger partial charge in [-0.2, -0.15) is 5.10 Å². The van der Waals surface area contributed by atoms with Gasteiger partial charge in [0, 0.05) is 51.5 Å². The van der Waals surface area contributed by atoms with E-state index in [9.17, 15) is 5.11 Å². The fourth-order valence-electron chi connectivity index (χ4n) is 3.13. The van der Waals surface area contributed by atoms with E-state index in [0.717, 1.165) is 44.0 Å². The van der Waals surface area contributed by atoms with E-state index < -0.39 is 6.10 Å². The number of aromatic nitrogens is 2. The second-order valence-electron chi connectivity index (χ2n) is 6.88. The lowest BCUT2D eigenvalue weighted by Crippen LogP contribution is -2.47. The lowest BCUT2D eigenvalue weighted by molar-refractivity contribution is 0.0696. The Hall–Kier alpha value is -1.69. The Morgan fingerprint density at radius 3 is 2.29 bits per heavy atom. The maximum atomic E-state index is 10.4. The van der Waals surface area contributed by atoms with Crippen molar-refractivity contribution in [1.29, 1.82) is 0 Å². The molecule has 0 spiro atoms. The van der Waals surface area contributed by atoms with Crippen LogP contribution in [0.1, 0.15) is 37.3 Å². The molecule has 1 N–H and O–H groups in total. The largest absolute Gasteiger partial charge is 0.387 e. The van der Waals surface area contributed by atoms with E-state index in [2.05, 4.69) is 41.0 Å². The van der Waals surface area contributed by atoms with Gasteiger partial charge in [-0.1, -0.05) is 30.3 Å². The molecule has 2 aromatic rings. The Morgan fingerprint density at radius 1 is 1.00 bits per heavy atom. The summed E-state index contributed by atoms with van der Waals surface area (Å²) in [6, 6.07) is 12.5. The fourth-order valence-corrected chi connectivity index (χ4v) is 3.13. The summed E-state index contributed by atoms with van der Waals surface area (Å²) in [4.78, 5) is 4.79. The van der Waals surface area contributed by atoms with Crippen LogP contribution in [-0.2, 0) is 6.54 Å². The predicted molar refractivity (Wildman–Crippen MR) is 95.7 cm³/mol. The highest BCUT2D eigenvalue weighted by atomic mass is 16.3. The van der Waals surface area contributed by atoms with Crippen molar-refractivity contribution in [3.63, 3.8) is 0 Å². The molecule has 0 bridgehead atoms. The highest BCUT2D eigenvalue weighted by molar-refractivity contribution is 5.17. The first kappa shape index (κ1) is 17.1.